The molecule has 29 heavy (non-hydrogen) atoms. The third-order valence-electron chi connectivity index (χ3n) is 4.40. The first-order valence-electron chi connectivity index (χ1n) is 8.91. The lowest BCUT2D eigenvalue weighted by Crippen LogP contribution is -2.38. The number of carbonyl (C=O) groups excluding carboxylic acids is 1. The largest absolute Gasteiger partial charge is 0.416 e. The van der Waals surface area contributed by atoms with Crippen LogP contribution in [0.15, 0.2) is 59.5 Å². The molecule has 0 bridgehead atoms. The van der Waals surface area contributed by atoms with E-state index in [9.17, 15) is 26.4 Å². The van der Waals surface area contributed by atoms with Gasteiger partial charge in [-0.05, 0) is 23.8 Å². The molecule has 0 saturated heterocycles. The zero-order valence-electron chi connectivity index (χ0n) is 16.1. The standard InChI is InChI=1S/C20H23F3N2O3S/c1-19(2,15-7-6-8-16(13-15)20(21,22)23)14-24-18(26)11-12-25-29(27,28)17-9-4-3-5-10-17/h3-10,13,25H,11-12,14H2,1-2H3,(H,24,26). The van der Waals surface area contributed by atoms with Gasteiger partial charge in [-0.1, -0.05) is 50.2 Å². The van der Waals surface area contributed by atoms with Crippen molar-refractivity contribution in [3.8, 4) is 0 Å². The maximum atomic E-state index is 12.9. The van der Waals surface area contributed by atoms with Crippen LogP contribution in [0.25, 0.3) is 0 Å². The summed E-state index contributed by atoms with van der Waals surface area (Å²) in [6.45, 7) is 3.47. The number of sulfonamides is 1. The fourth-order valence-corrected chi connectivity index (χ4v) is 3.66. The van der Waals surface area contributed by atoms with Crippen LogP contribution in [0.2, 0.25) is 0 Å². The van der Waals surface area contributed by atoms with Crippen molar-refractivity contribution in [3.63, 3.8) is 0 Å². The summed E-state index contributed by atoms with van der Waals surface area (Å²) in [5, 5.41) is 2.65. The van der Waals surface area contributed by atoms with Crippen molar-refractivity contribution in [2.24, 2.45) is 0 Å². The predicted molar refractivity (Wildman–Crippen MR) is 104 cm³/mol. The van der Waals surface area contributed by atoms with Crippen LogP contribution in [0.5, 0.6) is 0 Å². The van der Waals surface area contributed by atoms with Gasteiger partial charge in [0.25, 0.3) is 0 Å². The first kappa shape index (κ1) is 22.9. The molecule has 2 aromatic carbocycles. The Bertz CT molecular complexity index is 943. The monoisotopic (exact) mass is 428 g/mol. The molecular formula is C20H23F3N2O3S. The first-order valence-corrected chi connectivity index (χ1v) is 10.4. The summed E-state index contributed by atoms with van der Waals surface area (Å²) >= 11 is 0. The summed E-state index contributed by atoms with van der Waals surface area (Å²) in [6.07, 6.45) is -4.53. The molecule has 0 aliphatic carbocycles. The number of rotatable bonds is 8. The number of benzene rings is 2. The molecule has 2 N–H and O–H groups in total. The van der Waals surface area contributed by atoms with E-state index in [1.165, 1.54) is 18.2 Å². The van der Waals surface area contributed by atoms with Crippen molar-refractivity contribution in [1.82, 2.24) is 10.0 Å². The van der Waals surface area contributed by atoms with Crippen molar-refractivity contribution in [2.45, 2.75) is 36.8 Å². The Morgan fingerprint density at radius 3 is 2.21 bits per heavy atom. The van der Waals surface area contributed by atoms with Gasteiger partial charge in [0.15, 0.2) is 0 Å². The van der Waals surface area contributed by atoms with Crippen molar-refractivity contribution in [2.75, 3.05) is 13.1 Å². The van der Waals surface area contributed by atoms with E-state index in [1.54, 1.807) is 38.1 Å². The molecule has 1 amide bonds. The second-order valence-electron chi connectivity index (χ2n) is 7.20. The van der Waals surface area contributed by atoms with Crippen molar-refractivity contribution in [3.05, 3.63) is 65.7 Å². The summed E-state index contributed by atoms with van der Waals surface area (Å²) in [7, 11) is -3.70. The third-order valence-corrected chi connectivity index (χ3v) is 5.87. The molecule has 9 heteroatoms. The minimum atomic E-state index is -4.44. The van der Waals surface area contributed by atoms with Gasteiger partial charge in [-0.15, -0.1) is 0 Å². The average molecular weight is 428 g/mol. The summed E-state index contributed by atoms with van der Waals surface area (Å²) < 4.78 is 65.2. The minimum Gasteiger partial charge on any atom is -0.355 e. The van der Waals surface area contributed by atoms with Gasteiger partial charge >= 0.3 is 6.18 Å². The summed E-state index contributed by atoms with van der Waals surface area (Å²) in [6, 6.07) is 12.7. The highest BCUT2D eigenvalue weighted by atomic mass is 32.2. The van der Waals surface area contributed by atoms with E-state index in [-0.39, 0.29) is 24.4 Å². The number of nitrogens with one attached hydrogen (secondary N) is 2. The smallest absolute Gasteiger partial charge is 0.355 e. The maximum absolute atomic E-state index is 12.9. The quantitative estimate of drug-likeness (QED) is 0.676. The Labute approximate surface area is 168 Å². The molecule has 5 nitrogen and oxygen atoms in total. The maximum Gasteiger partial charge on any atom is 0.416 e. The molecule has 0 atom stereocenters. The molecule has 0 unspecified atom stereocenters. The normalized spacial score (nSPS) is 12.6. The lowest BCUT2D eigenvalue weighted by Gasteiger charge is -2.26. The van der Waals surface area contributed by atoms with Gasteiger partial charge in [0.2, 0.25) is 15.9 Å². The fourth-order valence-electron chi connectivity index (χ4n) is 2.61. The zero-order valence-corrected chi connectivity index (χ0v) is 16.9. The molecule has 0 aliphatic rings. The Morgan fingerprint density at radius 2 is 1.59 bits per heavy atom. The minimum absolute atomic E-state index is 0.0902. The lowest BCUT2D eigenvalue weighted by atomic mass is 9.83. The highest BCUT2D eigenvalue weighted by molar-refractivity contribution is 7.89. The number of hydrogen-bond donors (Lipinski definition) is 2. The van der Waals surface area contributed by atoms with Gasteiger partial charge in [0.1, 0.15) is 0 Å². The van der Waals surface area contributed by atoms with Gasteiger partial charge in [-0.25, -0.2) is 13.1 Å². The van der Waals surface area contributed by atoms with Gasteiger partial charge in [0, 0.05) is 24.9 Å². The third kappa shape index (κ3) is 6.57. The highest BCUT2D eigenvalue weighted by Gasteiger charge is 2.32. The van der Waals surface area contributed by atoms with Crippen LogP contribution in [0.3, 0.4) is 0 Å². The molecule has 0 saturated carbocycles. The van der Waals surface area contributed by atoms with Crippen molar-refractivity contribution in [1.29, 1.82) is 0 Å². The molecule has 0 aromatic heterocycles. The molecule has 0 aliphatic heterocycles. The van der Waals surface area contributed by atoms with E-state index in [4.69, 9.17) is 0 Å². The lowest BCUT2D eigenvalue weighted by molar-refractivity contribution is -0.137. The molecule has 2 rings (SSSR count). The van der Waals surface area contributed by atoms with Crippen molar-refractivity contribution >= 4 is 15.9 Å². The van der Waals surface area contributed by atoms with Gasteiger partial charge < -0.3 is 5.32 Å². The number of halogens is 3. The average Bonchev–Trinajstić information content (AvgIpc) is 2.66. The molecular weight excluding hydrogens is 405 g/mol. The first-order chi connectivity index (χ1) is 13.4. The molecule has 0 heterocycles. The molecule has 0 fully saturated rings. The SMILES string of the molecule is CC(C)(CNC(=O)CCNS(=O)(=O)c1ccccc1)c1cccc(C(F)(F)F)c1. The Balaban J connectivity index is 1.88. The molecule has 0 radical (unpaired) electrons. The molecule has 2 aromatic rings. The van der Waals surface area contributed by atoms with E-state index >= 15 is 0 Å². The number of amides is 1. The van der Waals surface area contributed by atoms with E-state index in [0.717, 1.165) is 12.1 Å². The molecule has 158 valence electrons. The fraction of sp³-hybridized carbons (Fsp3) is 0.350. The van der Waals surface area contributed by atoms with Crippen LogP contribution in [0.1, 0.15) is 31.4 Å². The topological polar surface area (TPSA) is 75.3 Å². The number of alkyl halides is 3. The van der Waals surface area contributed by atoms with Gasteiger partial charge in [-0.2, -0.15) is 13.2 Å². The second kappa shape index (κ2) is 8.96. The Hall–Kier alpha value is -2.39. The van der Waals surface area contributed by atoms with Crippen LogP contribution < -0.4 is 10.0 Å². The van der Waals surface area contributed by atoms with Gasteiger partial charge in [0.05, 0.1) is 10.5 Å². The van der Waals surface area contributed by atoms with E-state index in [2.05, 4.69) is 10.0 Å². The molecule has 0 spiro atoms. The van der Waals surface area contributed by atoms with Crippen LogP contribution in [-0.4, -0.2) is 27.4 Å². The highest BCUT2D eigenvalue weighted by Crippen LogP contribution is 2.32. The summed E-state index contributed by atoms with van der Waals surface area (Å²) in [5.74, 6) is -0.402. The van der Waals surface area contributed by atoms with Crippen LogP contribution >= 0.6 is 0 Å². The predicted octanol–water partition coefficient (Wildman–Crippen LogP) is 3.47. The van der Waals surface area contributed by atoms with E-state index in [1.807, 2.05) is 0 Å². The second-order valence-corrected chi connectivity index (χ2v) is 8.97. The van der Waals surface area contributed by atoms with Gasteiger partial charge in [-0.3, -0.25) is 4.79 Å². The number of carbonyl (C=O) groups is 1. The number of hydrogen-bond acceptors (Lipinski definition) is 3. The summed E-state index contributed by atoms with van der Waals surface area (Å²) in [5.41, 5.74) is -1.04. The Kier molecular flexibility index (Phi) is 7.07. The zero-order chi connectivity index (χ0) is 21.7. The van der Waals surface area contributed by atoms with Crippen LogP contribution in [0, 0.1) is 0 Å². The van der Waals surface area contributed by atoms with Crippen molar-refractivity contribution < 1.29 is 26.4 Å². The van der Waals surface area contributed by atoms with Crippen LogP contribution in [0.4, 0.5) is 13.2 Å². The van der Waals surface area contributed by atoms with E-state index in [0.29, 0.717) is 5.56 Å². The van der Waals surface area contributed by atoms with Crippen LogP contribution in [-0.2, 0) is 26.4 Å². The Morgan fingerprint density at radius 1 is 0.966 bits per heavy atom. The summed E-state index contributed by atoms with van der Waals surface area (Å²) in [4.78, 5) is 12.1. The van der Waals surface area contributed by atoms with E-state index < -0.39 is 33.1 Å².